The van der Waals surface area contributed by atoms with E-state index in [-0.39, 0.29) is 26.0 Å². The summed E-state index contributed by atoms with van der Waals surface area (Å²) in [4.78, 5) is 0. The maximum absolute atomic E-state index is 2.27. The predicted octanol–water partition coefficient (Wildman–Crippen LogP) is 6.77. The third-order valence-electron chi connectivity index (χ3n) is 3.10. The van der Waals surface area contributed by atoms with Gasteiger partial charge in [0.25, 0.3) is 0 Å². The van der Waals surface area contributed by atoms with Crippen LogP contribution in [0.5, 0.6) is 0 Å². The number of benzene rings is 2. The van der Waals surface area contributed by atoms with Gasteiger partial charge in [0.05, 0.1) is 0 Å². The minimum atomic E-state index is 0. The summed E-state index contributed by atoms with van der Waals surface area (Å²) >= 11 is 2.27. The van der Waals surface area contributed by atoms with Crippen molar-refractivity contribution in [3.05, 3.63) is 92.4 Å². The Morgan fingerprint density at radius 2 is 1.04 bits per heavy atom. The van der Waals surface area contributed by atoms with Crippen LogP contribution < -0.4 is 0 Å². The number of fused-ring (bicyclic) bond motifs is 2. The van der Waals surface area contributed by atoms with Crippen LogP contribution in [0.4, 0.5) is 0 Å². The quantitative estimate of drug-likeness (QED) is 0.230. The Hall–Kier alpha value is -1.12. The van der Waals surface area contributed by atoms with Crippen LogP contribution >= 0.6 is 12.4 Å². The molecule has 0 heterocycles. The van der Waals surface area contributed by atoms with E-state index in [0.29, 0.717) is 0 Å². The van der Waals surface area contributed by atoms with E-state index in [1.165, 1.54) is 21.5 Å². The summed E-state index contributed by atoms with van der Waals surface area (Å²) < 4.78 is 0. The van der Waals surface area contributed by atoms with Gasteiger partial charge in [0, 0.05) is 0 Å². The Morgan fingerprint density at radius 3 is 1.38 bits per heavy atom. The monoisotopic (exact) mass is 387 g/mol. The van der Waals surface area contributed by atoms with Crippen molar-refractivity contribution in [3.63, 3.8) is 0 Å². The Kier molecular flexibility index (Phi) is 11.7. The molecule has 0 amide bonds. The largest absolute Gasteiger partial charge is 0.358 e. The molecule has 24 heavy (non-hydrogen) atoms. The molecule has 0 unspecified atom stereocenters. The topological polar surface area (TPSA) is 0 Å². The summed E-state index contributed by atoms with van der Waals surface area (Å²) in [7, 11) is 0. The molecule has 126 valence electrons. The minimum Gasteiger partial charge on any atom is -0.358 e. The van der Waals surface area contributed by atoms with Crippen LogP contribution in [0.2, 0.25) is 13.1 Å². The standard InChI is InChI=1S/2C9H7.C2H6Si.CH3.ClH.Ti/c2*1-2-5-9-7-3-6-8(9)4-1;1-3-2;;;/h2*1-7H;1-2H3;1H3;1H;/q2*-1;;-1;;. The molecular weight excluding hydrogens is 364 g/mol. The van der Waals surface area contributed by atoms with Gasteiger partial charge in [-0.25, -0.2) is 0 Å². The van der Waals surface area contributed by atoms with E-state index in [1.54, 1.807) is 0 Å². The molecule has 0 saturated heterocycles. The van der Waals surface area contributed by atoms with Gasteiger partial charge < -0.3 is 7.43 Å². The summed E-state index contributed by atoms with van der Waals surface area (Å²) in [6, 6.07) is 29.3. The van der Waals surface area contributed by atoms with Crippen molar-refractivity contribution in [2.24, 2.45) is 0 Å². The average Bonchev–Trinajstić information content (AvgIpc) is 3.16. The first-order valence-electron chi connectivity index (χ1n) is 7.39. The van der Waals surface area contributed by atoms with Crippen LogP contribution in [0.15, 0.2) is 84.9 Å². The van der Waals surface area contributed by atoms with Crippen molar-refractivity contribution < 1.29 is 19.2 Å². The molecule has 4 aromatic carbocycles. The molecule has 0 N–H and O–H groups in total. The first-order valence-corrected chi connectivity index (χ1v) is 12.2. The van der Waals surface area contributed by atoms with Crippen molar-refractivity contribution in [1.82, 2.24) is 0 Å². The zero-order valence-corrected chi connectivity index (χ0v) is 17.9. The van der Waals surface area contributed by atoms with E-state index in [4.69, 9.17) is 0 Å². The predicted molar refractivity (Wildman–Crippen MR) is 110 cm³/mol. The van der Waals surface area contributed by atoms with Crippen molar-refractivity contribution in [3.8, 4) is 0 Å². The van der Waals surface area contributed by atoms with Crippen molar-refractivity contribution in [1.29, 1.82) is 0 Å². The fraction of sp³-hybridized carbons (Fsp3) is 0.0952. The van der Waals surface area contributed by atoms with E-state index >= 15 is 0 Å². The molecular formula is C21H24ClSiTi-3. The number of hydrogen-bond acceptors (Lipinski definition) is 0. The Morgan fingerprint density at radius 1 is 0.708 bits per heavy atom. The molecule has 0 aromatic heterocycles. The van der Waals surface area contributed by atoms with Gasteiger partial charge in [-0.3, -0.25) is 0 Å². The molecule has 0 radical (unpaired) electrons. The summed E-state index contributed by atoms with van der Waals surface area (Å²) in [6.07, 6.45) is 0.120. The number of halogens is 1. The molecule has 0 saturated carbocycles. The van der Waals surface area contributed by atoms with Gasteiger partial charge >= 0.3 is 38.5 Å². The molecule has 0 fully saturated rings. The van der Waals surface area contributed by atoms with Gasteiger partial charge in [-0.1, -0.05) is 12.1 Å². The van der Waals surface area contributed by atoms with E-state index < -0.39 is 0 Å². The summed E-state index contributed by atoms with van der Waals surface area (Å²) in [5.41, 5.74) is 0. The van der Waals surface area contributed by atoms with Gasteiger partial charge in [-0.15, -0.1) is 71.7 Å². The summed E-state index contributed by atoms with van der Waals surface area (Å²) in [6.45, 7) is 4.54. The SMILES string of the molecule is C[Si](C)=[Ti].Cl.[CH3-].c1ccc2[cH-]ccc2c1.c1ccc2[cH-]ccc2c1. The molecule has 3 heteroatoms. The molecule has 0 aliphatic carbocycles. The first-order chi connectivity index (χ1) is 10.7. The molecule has 0 atom stereocenters. The first kappa shape index (κ1) is 22.9. The van der Waals surface area contributed by atoms with Crippen LogP contribution in [0.3, 0.4) is 0 Å². The van der Waals surface area contributed by atoms with E-state index in [0.717, 1.165) is 0 Å². The Labute approximate surface area is 164 Å². The molecule has 4 rings (SSSR count). The van der Waals surface area contributed by atoms with Crippen LogP contribution in [0, 0.1) is 7.43 Å². The second-order valence-corrected chi connectivity index (χ2v) is 12.0. The fourth-order valence-electron chi connectivity index (χ4n) is 2.14. The number of hydrogen-bond donors (Lipinski definition) is 0. The van der Waals surface area contributed by atoms with Crippen LogP contribution in [-0.4, -0.2) is 6.19 Å². The van der Waals surface area contributed by atoms with Gasteiger partial charge in [0.1, 0.15) is 0 Å². The molecule has 4 aromatic rings. The van der Waals surface area contributed by atoms with E-state index in [2.05, 4.69) is 117 Å². The van der Waals surface area contributed by atoms with Gasteiger partial charge in [-0.05, 0) is 0 Å². The van der Waals surface area contributed by atoms with Crippen molar-refractivity contribution >= 4 is 40.1 Å². The molecule has 0 aliphatic heterocycles. The third-order valence-corrected chi connectivity index (χ3v) is 3.10. The summed E-state index contributed by atoms with van der Waals surface area (Å²) in [5.74, 6) is 0. The zero-order chi connectivity index (χ0) is 15.8. The minimum absolute atomic E-state index is 0. The second-order valence-electron chi connectivity index (χ2n) is 5.31. The summed E-state index contributed by atoms with van der Waals surface area (Å²) in [5, 5.41) is 5.32. The Balaban J connectivity index is 0.000000341. The van der Waals surface area contributed by atoms with Gasteiger partial charge in [-0.2, -0.15) is 35.0 Å². The maximum Gasteiger partial charge on any atom is -0.0809 e. The smallest absolute Gasteiger partial charge is 0.0809 e. The maximum atomic E-state index is 2.27. The van der Waals surface area contributed by atoms with E-state index in [1.807, 2.05) is 0 Å². The van der Waals surface area contributed by atoms with Crippen molar-refractivity contribution in [2.45, 2.75) is 13.1 Å². The Bertz CT molecular complexity index is 714. The third kappa shape index (κ3) is 7.63. The average molecular weight is 388 g/mol. The molecule has 0 aliphatic rings. The van der Waals surface area contributed by atoms with Gasteiger partial charge in [0.15, 0.2) is 0 Å². The molecule has 0 bridgehead atoms. The molecule has 0 nitrogen and oxygen atoms in total. The van der Waals surface area contributed by atoms with Crippen molar-refractivity contribution in [2.75, 3.05) is 0 Å². The van der Waals surface area contributed by atoms with Crippen LogP contribution in [-0.2, 0) is 19.2 Å². The zero-order valence-electron chi connectivity index (χ0n) is 14.5. The normalized spacial score (nSPS) is 8.71. The molecule has 0 spiro atoms. The second kappa shape index (κ2) is 12.3. The fourth-order valence-corrected chi connectivity index (χ4v) is 2.14. The van der Waals surface area contributed by atoms with Gasteiger partial charge in [0.2, 0.25) is 0 Å². The van der Waals surface area contributed by atoms with Crippen LogP contribution in [0.25, 0.3) is 21.5 Å². The van der Waals surface area contributed by atoms with Crippen LogP contribution in [0.1, 0.15) is 0 Å². The number of rotatable bonds is 0. The van der Waals surface area contributed by atoms with E-state index in [9.17, 15) is 0 Å².